The normalized spacial score (nSPS) is 14.7. The SMILES string of the molecule is CC.Cc1cc(N2CCC(c3nc(N)[nH]c3C)CC2)n(-c2ccccc2)n1. The van der Waals surface area contributed by atoms with Gasteiger partial charge in [-0.2, -0.15) is 5.10 Å². The van der Waals surface area contributed by atoms with Gasteiger partial charge in [0, 0.05) is 30.8 Å². The van der Waals surface area contributed by atoms with Gasteiger partial charge >= 0.3 is 0 Å². The molecule has 0 radical (unpaired) electrons. The number of piperidine rings is 1. The highest BCUT2D eigenvalue weighted by molar-refractivity contribution is 5.49. The van der Waals surface area contributed by atoms with E-state index < -0.39 is 0 Å². The number of nitrogens with one attached hydrogen (secondary N) is 1. The average molecular weight is 367 g/mol. The molecule has 1 aromatic carbocycles. The predicted molar refractivity (Wildman–Crippen MR) is 112 cm³/mol. The van der Waals surface area contributed by atoms with Gasteiger partial charge in [-0.1, -0.05) is 32.0 Å². The molecule has 0 aliphatic carbocycles. The molecule has 6 heteroatoms. The minimum atomic E-state index is 0.471. The van der Waals surface area contributed by atoms with Gasteiger partial charge in [-0.15, -0.1) is 0 Å². The molecule has 0 saturated carbocycles. The van der Waals surface area contributed by atoms with Crippen molar-refractivity contribution in [1.29, 1.82) is 0 Å². The van der Waals surface area contributed by atoms with Crippen LogP contribution in [-0.4, -0.2) is 32.8 Å². The average Bonchev–Trinajstić information content (AvgIpc) is 3.26. The van der Waals surface area contributed by atoms with Crippen LogP contribution in [-0.2, 0) is 0 Å². The number of para-hydroxylation sites is 1. The first-order valence-electron chi connectivity index (χ1n) is 9.81. The molecule has 1 aliphatic heterocycles. The summed E-state index contributed by atoms with van der Waals surface area (Å²) in [6.07, 6.45) is 2.15. The molecule has 4 rings (SSSR count). The third-order valence-electron chi connectivity index (χ3n) is 4.96. The number of H-pyrrole nitrogens is 1. The number of rotatable bonds is 3. The van der Waals surface area contributed by atoms with Gasteiger partial charge in [0.2, 0.25) is 0 Å². The van der Waals surface area contributed by atoms with Crippen molar-refractivity contribution in [1.82, 2.24) is 19.7 Å². The van der Waals surface area contributed by atoms with Crippen LogP contribution in [0.1, 0.15) is 49.7 Å². The lowest BCUT2D eigenvalue weighted by Gasteiger charge is -2.33. The van der Waals surface area contributed by atoms with E-state index in [1.807, 2.05) is 43.7 Å². The van der Waals surface area contributed by atoms with Crippen LogP contribution in [0.3, 0.4) is 0 Å². The molecular weight excluding hydrogens is 336 g/mol. The zero-order valence-electron chi connectivity index (χ0n) is 16.7. The monoisotopic (exact) mass is 366 g/mol. The second kappa shape index (κ2) is 8.29. The number of nitrogens with zero attached hydrogens (tertiary/aromatic N) is 4. The van der Waals surface area contributed by atoms with Gasteiger partial charge in [0.1, 0.15) is 5.82 Å². The van der Waals surface area contributed by atoms with Crippen LogP contribution in [0.15, 0.2) is 36.4 Å². The Morgan fingerprint density at radius 3 is 2.33 bits per heavy atom. The van der Waals surface area contributed by atoms with Crippen molar-refractivity contribution in [3.63, 3.8) is 0 Å². The fraction of sp³-hybridized carbons (Fsp3) is 0.429. The Balaban J connectivity index is 0.00000102. The largest absolute Gasteiger partial charge is 0.369 e. The number of aryl methyl sites for hydroxylation is 2. The number of hydrogen-bond donors (Lipinski definition) is 2. The highest BCUT2D eigenvalue weighted by atomic mass is 15.4. The molecule has 0 spiro atoms. The molecule has 3 aromatic rings. The molecule has 3 heterocycles. The Labute approximate surface area is 161 Å². The summed E-state index contributed by atoms with van der Waals surface area (Å²) in [5, 5.41) is 4.69. The van der Waals surface area contributed by atoms with Crippen molar-refractivity contribution < 1.29 is 0 Å². The minimum absolute atomic E-state index is 0.471. The van der Waals surface area contributed by atoms with Gasteiger partial charge in [0.25, 0.3) is 0 Å². The highest BCUT2D eigenvalue weighted by Gasteiger charge is 2.26. The van der Waals surface area contributed by atoms with Crippen LogP contribution in [0, 0.1) is 13.8 Å². The number of benzene rings is 1. The quantitative estimate of drug-likeness (QED) is 0.728. The maximum atomic E-state index is 5.80. The Bertz CT molecular complexity index is 856. The Morgan fingerprint density at radius 1 is 1.07 bits per heavy atom. The van der Waals surface area contributed by atoms with Gasteiger partial charge in [-0.05, 0) is 38.8 Å². The predicted octanol–water partition coefficient (Wildman–Crippen LogP) is 4.20. The van der Waals surface area contributed by atoms with E-state index in [0.717, 1.165) is 48.7 Å². The fourth-order valence-corrected chi connectivity index (χ4v) is 3.75. The van der Waals surface area contributed by atoms with Crippen LogP contribution in [0.4, 0.5) is 11.8 Å². The molecule has 0 atom stereocenters. The van der Waals surface area contributed by atoms with E-state index in [1.54, 1.807) is 0 Å². The van der Waals surface area contributed by atoms with E-state index in [1.165, 1.54) is 5.82 Å². The van der Waals surface area contributed by atoms with E-state index >= 15 is 0 Å². The van der Waals surface area contributed by atoms with E-state index in [-0.39, 0.29) is 0 Å². The van der Waals surface area contributed by atoms with Crippen LogP contribution in [0.5, 0.6) is 0 Å². The zero-order chi connectivity index (χ0) is 19.4. The molecule has 27 heavy (non-hydrogen) atoms. The second-order valence-corrected chi connectivity index (χ2v) is 6.78. The van der Waals surface area contributed by atoms with Gasteiger partial charge in [-0.3, -0.25) is 0 Å². The topological polar surface area (TPSA) is 75.8 Å². The van der Waals surface area contributed by atoms with Crippen molar-refractivity contribution >= 4 is 11.8 Å². The molecule has 2 aromatic heterocycles. The number of aromatic amines is 1. The third kappa shape index (κ3) is 3.99. The van der Waals surface area contributed by atoms with Gasteiger partial charge in [-0.25, -0.2) is 9.67 Å². The Hall–Kier alpha value is -2.76. The first-order valence-corrected chi connectivity index (χ1v) is 9.81. The summed E-state index contributed by atoms with van der Waals surface area (Å²) >= 11 is 0. The number of imidazole rings is 1. The number of nitrogens with two attached hydrogens (primary N) is 1. The molecule has 1 fully saturated rings. The smallest absolute Gasteiger partial charge is 0.197 e. The Kier molecular flexibility index (Phi) is 5.84. The van der Waals surface area contributed by atoms with Gasteiger partial charge < -0.3 is 15.6 Å². The number of aromatic nitrogens is 4. The molecule has 0 bridgehead atoms. The maximum Gasteiger partial charge on any atom is 0.197 e. The summed E-state index contributed by atoms with van der Waals surface area (Å²) in [5.41, 5.74) is 10.2. The minimum Gasteiger partial charge on any atom is -0.369 e. The van der Waals surface area contributed by atoms with Crippen molar-refractivity contribution in [3.8, 4) is 5.69 Å². The van der Waals surface area contributed by atoms with Crippen LogP contribution in [0.25, 0.3) is 5.69 Å². The van der Waals surface area contributed by atoms with Crippen molar-refractivity contribution in [2.45, 2.75) is 46.5 Å². The lowest BCUT2D eigenvalue weighted by molar-refractivity contribution is 0.490. The van der Waals surface area contributed by atoms with Gasteiger partial charge in [0.15, 0.2) is 5.95 Å². The molecule has 0 amide bonds. The first-order chi connectivity index (χ1) is 13.1. The molecule has 1 saturated heterocycles. The lowest BCUT2D eigenvalue weighted by Crippen LogP contribution is -2.34. The van der Waals surface area contributed by atoms with Crippen molar-refractivity contribution in [3.05, 3.63) is 53.5 Å². The first kappa shape index (κ1) is 19.0. The van der Waals surface area contributed by atoms with E-state index in [2.05, 4.69) is 40.0 Å². The zero-order valence-corrected chi connectivity index (χ0v) is 16.7. The van der Waals surface area contributed by atoms with Crippen molar-refractivity contribution in [2.24, 2.45) is 0 Å². The highest BCUT2D eigenvalue weighted by Crippen LogP contribution is 2.32. The van der Waals surface area contributed by atoms with Crippen molar-refractivity contribution in [2.75, 3.05) is 23.7 Å². The van der Waals surface area contributed by atoms with E-state index in [4.69, 9.17) is 10.8 Å². The van der Waals surface area contributed by atoms with Crippen LogP contribution < -0.4 is 10.6 Å². The molecule has 144 valence electrons. The molecule has 3 N–H and O–H groups in total. The summed E-state index contributed by atoms with van der Waals surface area (Å²) < 4.78 is 2.05. The lowest BCUT2D eigenvalue weighted by atomic mass is 9.92. The van der Waals surface area contributed by atoms with Crippen LogP contribution >= 0.6 is 0 Å². The Morgan fingerprint density at radius 2 is 1.74 bits per heavy atom. The summed E-state index contributed by atoms with van der Waals surface area (Å²) in [6.45, 7) is 10.1. The summed E-state index contributed by atoms with van der Waals surface area (Å²) in [7, 11) is 0. The maximum absolute atomic E-state index is 5.80. The molecule has 6 nitrogen and oxygen atoms in total. The van der Waals surface area contributed by atoms with Gasteiger partial charge in [0.05, 0.1) is 17.1 Å². The molecule has 1 aliphatic rings. The summed E-state index contributed by atoms with van der Waals surface area (Å²) in [4.78, 5) is 10.0. The fourth-order valence-electron chi connectivity index (χ4n) is 3.75. The summed E-state index contributed by atoms with van der Waals surface area (Å²) in [5.74, 6) is 2.16. The standard InChI is InChI=1S/C19H24N6.C2H6/c1-13-12-17(25(23-13)16-6-4-3-5-7-16)24-10-8-15(9-11-24)18-14(2)21-19(20)22-18;1-2/h3-7,12,15H,8-11H2,1-2H3,(H3,20,21,22);1-2H3. The summed E-state index contributed by atoms with van der Waals surface area (Å²) in [6, 6.07) is 12.5. The van der Waals surface area contributed by atoms with Crippen LogP contribution in [0.2, 0.25) is 0 Å². The number of nitrogen functional groups attached to an aromatic ring is 1. The number of hydrogen-bond acceptors (Lipinski definition) is 4. The number of anilines is 2. The van der Waals surface area contributed by atoms with E-state index in [9.17, 15) is 0 Å². The van der Waals surface area contributed by atoms with E-state index in [0.29, 0.717) is 11.9 Å². The third-order valence-corrected chi connectivity index (χ3v) is 4.96. The second-order valence-electron chi connectivity index (χ2n) is 6.78. The molecular formula is C21H30N6. The molecule has 0 unspecified atom stereocenters.